The van der Waals surface area contributed by atoms with Crippen LogP contribution in [0.15, 0.2) is 0 Å². The molecule has 2 amide bonds. The van der Waals surface area contributed by atoms with Crippen molar-refractivity contribution in [2.24, 2.45) is 11.8 Å². The molecule has 1 rings (SSSR count). The average molecular weight is 285 g/mol. The molecule has 0 aromatic carbocycles. The van der Waals surface area contributed by atoms with E-state index in [0.29, 0.717) is 18.9 Å². The van der Waals surface area contributed by atoms with E-state index in [9.17, 15) is 9.59 Å². The van der Waals surface area contributed by atoms with E-state index in [1.807, 2.05) is 13.8 Å². The van der Waals surface area contributed by atoms with Crippen molar-refractivity contribution < 1.29 is 14.7 Å². The number of nitrogens with one attached hydrogen (secondary N) is 2. The predicted molar refractivity (Wildman–Crippen MR) is 77.6 cm³/mol. The second-order valence-electron chi connectivity index (χ2n) is 5.92. The van der Waals surface area contributed by atoms with E-state index in [4.69, 9.17) is 5.11 Å². The summed E-state index contributed by atoms with van der Waals surface area (Å²) >= 11 is 0. The Balaban J connectivity index is 2.29. The number of carboxylic acid groups (broad SMARTS) is 1. The third kappa shape index (κ3) is 5.77. The van der Waals surface area contributed by atoms with Crippen LogP contribution < -0.4 is 10.6 Å². The van der Waals surface area contributed by atoms with Gasteiger partial charge in [0.1, 0.15) is 6.04 Å². The summed E-state index contributed by atoms with van der Waals surface area (Å²) in [5.74, 6) is -0.287. The van der Waals surface area contributed by atoms with Crippen LogP contribution >= 0.6 is 0 Å². The van der Waals surface area contributed by atoms with Crippen LogP contribution in [0.4, 0.5) is 4.79 Å². The Bertz CT molecular complexity index is 334. The Labute approximate surface area is 120 Å². The number of carbonyl (C=O) groups excluding carboxylic acids is 1. The zero-order valence-electron chi connectivity index (χ0n) is 12.7. The molecule has 0 bridgehead atoms. The van der Waals surface area contributed by atoms with Gasteiger partial charge in [0.15, 0.2) is 0 Å². The van der Waals surface area contributed by atoms with Crippen molar-refractivity contribution in [3.8, 4) is 0 Å². The average Bonchev–Trinajstić information content (AvgIpc) is 2.83. The largest absolute Gasteiger partial charge is 0.480 e. The number of nitrogens with zero attached hydrogens (tertiary/aromatic N) is 1. The van der Waals surface area contributed by atoms with Gasteiger partial charge in [0.05, 0.1) is 0 Å². The van der Waals surface area contributed by atoms with E-state index < -0.39 is 12.0 Å². The van der Waals surface area contributed by atoms with Crippen molar-refractivity contribution in [2.45, 2.75) is 39.7 Å². The number of carbonyl (C=O) groups is 2. The molecule has 1 aliphatic heterocycles. The molecule has 0 saturated carbocycles. The number of amides is 2. The van der Waals surface area contributed by atoms with Gasteiger partial charge in [-0.25, -0.2) is 9.59 Å². The first-order valence-corrected chi connectivity index (χ1v) is 7.41. The Morgan fingerprint density at radius 3 is 2.60 bits per heavy atom. The lowest BCUT2D eigenvalue weighted by atomic mass is 10.0. The normalized spacial score (nSPS) is 20.9. The second kappa shape index (κ2) is 8.09. The number of aliphatic carboxylic acids is 1. The minimum atomic E-state index is -0.980. The Hall–Kier alpha value is -1.30. The van der Waals surface area contributed by atoms with Crippen LogP contribution in [-0.2, 0) is 4.79 Å². The molecule has 1 saturated heterocycles. The van der Waals surface area contributed by atoms with Crippen LogP contribution in [0.5, 0.6) is 0 Å². The van der Waals surface area contributed by atoms with Crippen LogP contribution in [0.2, 0.25) is 0 Å². The Kier molecular flexibility index (Phi) is 6.78. The van der Waals surface area contributed by atoms with E-state index in [1.54, 1.807) is 0 Å². The van der Waals surface area contributed by atoms with Gasteiger partial charge in [-0.15, -0.1) is 0 Å². The molecule has 20 heavy (non-hydrogen) atoms. The van der Waals surface area contributed by atoms with Gasteiger partial charge < -0.3 is 20.6 Å². The summed E-state index contributed by atoms with van der Waals surface area (Å²) in [6.45, 7) is 9.74. The number of rotatable bonds is 7. The maximum absolute atomic E-state index is 11.7. The topological polar surface area (TPSA) is 81.7 Å². The monoisotopic (exact) mass is 285 g/mol. The highest BCUT2D eigenvalue weighted by Gasteiger charge is 2.23. The molecule has 2 unspecified atom stereocenters. The maximum atomic E-state index is 11.7. The fraction of sp³-hybridized carbons (Fsp3) is 0.857. The van der Waals surface area contributed by atoms with E-state index in [2.05, 4.69) is 22.5 Å². The summed E-state index contributed by atoms with van der Waals surface area (Å²) in [7, 11) is 0. The molecule has 1 fully saturated rings. The zero-order valence-corrected chi connectivity index (χ0v) is 12.7. The van der Waals surface area contributed by atoms with Gasteiger partial charge in [-0.3, -0.25) is 0 Å². The molecule has 0 spiro atoms. The summed E-state index contributed by atoms with van der Waals surface area (Å²) < 4.78 is 0. The minimum absolute atomic E-state index is 0.226. The molecule has 1 heterocycles. The Morgan fingerprint density at radius 2 is 2.10 bits per heavy atom. The van der Waals surface area contributed by atoms with Crippen LogP contribution in [0, 0.1) is 11.8 Å². The SMILES string of the molecule is CCN1CCC(CNC(=O)NC(CC(C)C)C(=O)O)C1. The number of hydrogen-bond acceptors (Lipinski definition) is 3. The summed E-state index contributed by atoms with van der Waals surface area (Å²) in [6, 6.07) is -1.20. The standard InChI is InChI=1S/C14H27N3O3/c1-4-17-6-5-11(9-17)8-15-14(20)16-12(13(18)19)7-10(2)3/h10-12H,4-9H2,1-3H3,(H,18,19)(H2,15,16,20). The van der Waals surface area contributed by atoms with Crippen LogP contribution in [0.1, 0.15) is 33.6 Å². The molecular formula is C14H27N3O3. The number of carboxylic acids is 1. The van der Waals surface area contributed by atoms with Crippen molar-refractivity contribution in [3.63, 3.8) is 0 Å². The van der Waals surface area contributed by atoms with E-state index >= 15 is 0 Å². The number of hydrogen-bond donors (Lipinski definition) is 3. The first-order chi connectivity index (χ1) is 9.42. The van der Waals surface area contributed by atoms with Crippen LogP contribution in [0.25, 0.3) is 0 Å². The summed E-state index contributed by atoms with van der Waals surface area (Å²) in [5, 5.41) is 14.4. The van der Waals surface area contributed by atoms with E-state index in [-0.39, 0.29) is 11.9 Å². The lowest BCUT2D eigenvalue weighted by Gasteiger charge is -2.18. The van der Waals surface area contributed by atoms with Gasteiger partial charge in [0, 0.05) is 13.1 Å². The fourth-order valence-corrected chi connectivity index (χ4v) is 2.51. The third-order valence-corrected chi connectivity index (χ3v) is 3.68. The summed E-state index contributed by atoms with van der Waals surface area (Å²) in [6.07, 6.45) is 1.53. The molecule has 6 heteroatoms. The zero-order chi connectivity index (χ0) is 15.1. The summed E-state index contributed by atoms with van der Waals surface area (Å²) in [4.78, 5) is 25.2. The van der Waals surface area contributed by atoms with Gasteiger partial charge in [0.2, 0.25) is 0 Å². The van der Waals surface area contributed by atoms with E-state index in [1.165, 1.54) is 0 Å². The third-order valence-electron chi connectivity index (χ3n) is 3.68. The highest BCUT2D eigenvalue weighted by molar-refractivity contribution is 5.82. The lowest BCUT2D eigenvalue weighted by Crippen LogP contribution is -2.47. The molecular weight excluding hydrogens is 258 g/mol. The van der Waals surface area contributed by atoms with Gasteiger partial charge in [-0.2, -0.15) is 0 Å². The van der Waals surface area contributed by atoms with Crippen LogP contribution in [-0.4, -0.2) is 54.2 Å². The summed E-state index contributed by atoms with van der Waals surface area (Å²) in [5.41, 5.74) is 0. The first-order valence-electron chi connectivity index (χ1n) is 7.41. The molecule has 3 N–H and O–H groups in total. The van der Waals surface area contributed by atoms with Crippen molar-refractivity contribution in [2.75, 3.05) is 26.2 Å². The minimum Gasteiger partial charge on any atom is -0.480 e. The van der Waals surface area contributed by atoms with Crippen molar-refractivity contribution >= 4 is 12.0 Å². The van der Waals surface area contributed by atoms with Gasteiger partial charge in [-0.1, -0.05) is 20.8 Å². The highest BCUT2D eigenvalue weighted by Crippen LogP contribution is 2.14. The van der Waals surface area contributed by atoms with Gasteiger partial charge in [0.25, 0.3) is 0 Å². The van der Waals surface area contributed by atoms with Crippen molar-refractivity contribution in [1.82, 2.24) is 15.5 Å². The molecule has 0 aromatic heterocycles. The molecule has 6 nitrogen and oxygen atoms in total. The lowest BCUT2D eigenvalue weighted by molar-refractivity contribution is -0.139. The van der Waals surface area contributed by atoms with E-state index in [0.717, 1.165) is 26.1 Å². The van der Waals surface area contributed by atoms with Gasteiger partial charge >= 0.3 is 12.0 Å². The smallest absolute Gasteiger partial charge is 0.326 e. The van der Waals surface area contributed by atoms with Crippen molar-refractivity contribution in [3.05, 3.63) is 0 Å². The fourth-order valence-electron chi connectivity index (χ4n) is 2.51. The predicted octanol–water partition coefficient (Wildman–Crippen LogP) is 1.13. The van der Waals surface area contributed by atoms with Crippen molar-refractivity contribution in [1.29, 1.82) is 0 Å². The quantitative estimate of drug-likeness (QED) is 0.655. The van der Waals surface area contributed by atoms with Gasteiger partial charge in [-0.05, 0) is 37.8 Å². The molecule has 2 atom stereocenters. The maximum Gasteiger partial charge on any atom is 0.326 e. The molecule has 116 valence electrons. The Morgan fingerprint density at radius 1 is 1.40 bits per heavy atom. The molecule has 0 aromatic rings. The van der Waals surface area contributed by atoms with Crippen LogP contribution in [0.3, 0.4) is 0 Å². The molecule has 0 radical (unpaired) electrons. The number of urea groups is 1. The highest BCUT2D eigenvalue weighted by atomic mass is 16.4. The molecule has 1 aliphatic rings. The number of likely N-dealkylation sites (tertiary alicyclic amines) is 1. The second-order valence-corrected chi connectivity index (χ2v) is 5.92. The first kappa shape index (κ1) is 16.8. The molecule has 0 aliphatic carbocycles.